The maximum absolute atomic E-state index is 12.2. The molecule has 1 aromatic rings. The lowest BCUT2D eigenvalue weighted by molar-refractivity contribution is 0.164. The molecule has 0 aliphatic carbocycles. The van der Waals surface area contributed by atoms with Gasteiger partial charge >= 0.3 is 0 Å². The number of rotatable bonds is 2. The minimum atomic E-state index is -3.20. The highest BCUT2D eigenvalue weighted by Gasteiger charge is 2.37. The average molecular weight is 310 g/mol. The largest absolute Gasteiger partial charge is 0.492 e. The zero-order valence-corrected chi connectivity index (χ0v) is 13.3. The summed E-state index contributed by atoms with van der Waals surface area (Å²) in [5.74, 6) is 1.02. The number of hydrogen-bond donors (Lipinski definition) is 1. The molecule has 116 valence electrons. The normalized spacial score (nSPS) is 27.7. The van der Waals surface area contributed by atoms with Gasteiger partial charge in [0.1, 0.15) is 5.75 Å². The van der Waals surface area contributed by atoms with Crippen LogP contribution >= 0.6 is 0 Å². The summed E-state index contributed by atoms with van der Waals surface area (Å²) < 4.78 is 30.0. The van der Waals surface area contributed by atoms with E-state index >= 15 is 0 Å². The molecule has 1 saturated heterocycles. The molecule has 0 aromatic heterocycles. The molecule has 21 heavy (non-hydrogen) atoms. The lowest BCUT2D eigenvalue weighted by Gasteiger charge is -2.27. The summed E-state index contributed by atoms with van der Waals surface area (Å²) >= 11 is 0. The molecule has 0 spiro atoms. The summed E-state index contributed by atoms with van der Waals surface area (Å²) in [6, 6.07) is 5.55. The standard InChI is InChI=1S/C16H22O4S/c1-16(2)10-20-13-7-6-11(9-12(13)16)15(17)14-5-3-4-8-21(14,18)19/h6-7,9,14-15,17H,3-5,8,10H2,1-2H3. The van der Waals surface area contributed by atoms with Crippen molar-refractivity contribution in [3.05, 3.63) is 29.3 Å². The Morgan fingerprint density at radius 2 is 2.10 bits per heavy atom. The Bertz CT molecular complexity index is 648. The highest BCUT2D eigenvalue weighted by Crippen LogP contribution is 2.41. The van der Waals surface area contributed by atoms with E-state index in [0.29, 0.717) is 25.0 Å². The van der Waals surface area contributed by atoms with Crippen molar-refractivity contribution in [2.24, 2.45) is 0 Å². The first kappa shape index (κ1) is 14.9. The quantitative estimate of drug-likeness (QED) is 0.911. The lowest BCUT2D eigenvalue weighted by Crippen LogP contribution is -2.34. The fourth-order valence-electron chi connectivity index (χ4n) is 3.27. The van der Waals surface area contributed by atoms with Gasteiger partial charge in [0, 0.05) is 11.0 Å². The van der Waals surface area contributed by atoms with Crippen LogP contribution in [-0.2, 0) is 15.3 Å². The molecule has 4 nitrogen and oxygen atoms in total. The second-order valence-corrected chi connectivity index (χ2v) is 9.11. The van der Waals surface area contributed by atoms with Gasteiger partial charge in [0.2, 0.25) is 0 Å². The van der Waals surface area contributed by atoms with E-state index in [0.717, 1.165) is 17.7 Å². The molecule has 0 radical (unpaired) electrons. The first-order valence-corrected chi connectivity index (χ1v) is 9.20. The maximum atomic E-state index is 12.2. The molecule has 2 atom stereocenters. The Hall–Kier alpha value is -1.07. The summed E-state index contributed by atoms with van der Waals surface area (Å²) in [6.07, 6.45) is 1.16. The van der Waals surface area contributed by atoms with Crippen molar-refractivity contribution in [2.45, 2.75) is 49.9 Å². The van der Waals surface area contributed by atoms with E-state index in [1.165, 1.54) is 0 Å². The number of fused-ring (bicyclic) bond motifs is 1. The Morgan fingerprint density at radius 1 is 1.33 bits per heavy atom. The van der Waals surface area contributed by atoms with Gasteiger partial charge in [-0.1, -0.05) is 26.3 Å². The smallest absolute Gasteiger partial charge is 0.156 e. The van der Waals surface area contributed by atoms with Crippen LogP contribution in [0.4, 0.5) is 0 Å². The molecular formula is C16H22O4S. The monoisotopic (exact) mass is 310 g/mol. The molecule has 2 aliphatic rings. The van der Waals surface area contributed by atoms with Crippen LogP contribution in [0, 0.1) is 0 Å². The molecule has 3 rings (SSSR count). The number of sulfone groups is 1. The van der Waals surface area contributed by atoms with Gasteiger partial charge in [-0.15, -0.1) is 0 Å². The van der Waals surface area contributed by atoms with Crippen molar-refractivity contribution in [2.75, 3.05) is 12.4 Å². The van der Waals surface area contributed by atoms with Crippen molar-refractivity contribution in [1.82, 2.24) is 0 Å². The van der Waals surface area contributed by atoms with Crippen LogP contribution in [0.5, 0.6) is 5.75 Å². The van der Waals surface area contributed by atoms with Crippen LogP contribution < -0.4 is 4.74 Å². The van der Waals surface area contributed by atoms with E-state index < -0.39 is 21.2 Å². The van der Waals surface area contributed by atoms with Crippen LogP contribution in [0.2, 0.25) is 0 Å². The van der Waals surface area contributed by atoms with Crippen LogP contribution in [-0.4, -0.2) is 31.1 Å². The molecule has 1 N–H and O–H groups in total. The zero-order chi connectivity index (χ0) is 15.3. The van der Waals surface area contributed by atoms with Gasteiger partial charge < -0.3 is 9.84 Å². The fraction of sp³-hybridized carbons (Fsp3) is 0.625. The van der Waals surface area contributed by atoms with Crippen molar-refractivity contribution in [3.8, 4) is 5.75 Å². The number of hydrogen-bond acceptors (Lipinski definition) is 4. The van der Waals surface area contributed by atoms with Crippen LogP contribution in [0.3, 0.4) is 0 Å². The summed E-state index contributed by atoms with van der Waals surface area (Å²) in [7, 11) is -3.20. The number of aliphatic hydroxyl groups is 1. The Kier molecular flexibility index (Phi) is 3.53. The highest BCUT2D eigenvalue weighted by atomic mass is 32.2. The third kappa shape index (κ3) is 2.57. The predicted molar refractivity (Wildman–Crippen MR) is 81.3 cm³/mol. The van der Waals surface area contributed by atoms with Crippen LogP contribution in [0.25, 0.3) is 0 Å². The summed E-state index contributed by atoms with van der Waals surface area (Å²) in [6.45, 7) is 4.79. The van der Waals surface area contributed by atoms with E-state index in [9.17, 15) is 13.5 Å². The molecule has 5 heteroatoms. The fourth-order valence-corrected chi connectivity index (χ4v) is 5.26. The molecular weight excluding hydrogens is 288 g/mol. The minimum Gasteiger partial charge on any atom is -0.492 e. The minimum absolute atomic E-state index is 0.101. The number of ether oxygens (including phenoxy) is 1. The molecule has 2 aliphatic heterocycles. The van der Waals surface area contributed by atoms with Gasteiger partial charge in [-0.05, 0) is 30.5 Å². The predicted octanol–water partition coefficient (Wildman–Crippen LogP) is 2.36. The van der Waals surface area contributed by atoms with E-state index in [4.69, 9.17) is 4.74 Å². The molecule has 2 unspecified atom stereocenters. The van der Waals surface area contributed by atoms with Crippen molar-refractivity contribution in [3.63, 3.8) is 0 Å². The first-order valence-electron chi connectivity index (χ1n) is 7.48. The van der Waals surface area contributed by atoms with Gasteiger partial charge in [-0.25, -0.2) is 8.42 Å². The van der Waals surface area contributed by atoms with Gasteiger partial charge in [0.15, 0.2) is 9.84 Å². The topological polar surface area (TPSA) is 63.6 Å². The maximum Gasteiger partial charge on any atom is 0.156 e. The zero-order valence-electron chi connectivity index (χ0n) is 12.5. The lowest BCUT2D eigenvalue weighted by atomic mass is 9.85. The number of aliphatic hydroxyl groups excluding tert-OH is 1. The molecule has 0 bridgehead atoms. The Morgan fingerprint density at radius 3 is 2.81 bits per heavy atom. The third-order valence-corrected chi connectivity index (χ3v) is 6.92. The summed E-state index contributed by atoms with van der Waals surface area (Å²) in [5.41, 5.74) is 1.63. The van der Waals surface area contributed by atoms with Gasteiger partial charge in [-0.3, -0.25) is 0 Å². The van der Waals surface area contributed by atoms with Gasteiger partial charge in [0.05, 0.1) is 23.7 Å². The van der Waals surface area contributed by atoms with E-state index in [2.05, 4.69) is 13.8 Å². The average Bonchev–Trinajstić information content (AvgIpc) is 2.73. The molecule has 0 amide bonds. The van der Waals surface area contributed by atoms with Gasteiger partial charge in [-0.2, -0.15) is 0 Å². The Labute approximate surface area is 126 Å². The summed E-state index contributed by atoms with van der Waals surface area (Å²) in [5, 5.41) is 9.89. The second kappa shape index (κ2) is 4.99. The molecule has 1 fully saturated rings. The first-order chi connectivity index (χ1) is 9.81. The second-order valence-electron chi connectivity index (χ2n) is 6.77. The van der Waals surface area contributed by atoms with Crippen molar-refractivity contribution >= 4 is 9.84 Å². The van der Waals surface area contributed by atoms with Gasteiger partial charge in [0.25, 0.3) is 0 Å². The SMILES string of the molecule is CC1(C)COc2ccc(C(O)C3CCCCS3(=O)=O)cc21. The van der Waals surface area contributed by atoms with E-state index in [-0.39, 0.29) is 11.2 Å². The highest BCUT2D eigenvalue weighted by molar-refractivity contribution is 7.92. The Balaban J connectivity index is 1.94. The molecule has 0 saturated carbocycles. The van der Waals surface area contributed by atoms with Crippen LogP contribution in [0.1, 0.15) is 50.3 Å². The van der Waals surface area contributed by atoms with Crippen molar-refractivity contribution < 1.29 is 18.3 Å². The molecule has 2 heterocycles. The third-order valence-electron chi connectivity index (χ3n) is 4.64. The number of benzene rings is 1. The summed E-state index contributed by atoms with van der Waals surface area (Å²) in [4.78, 5) is 0. The van der Waals surface area contributed by atoms with Crippen molar-refractivity contribution in [1.29, 1.82) is 0 Å². The van der Waals surface area contributed by atoms with E-state index in [1.807, 2.05) is 12.1 Å². The van der Waals surface area contributed by atoms with Crippen LogP contribution in [0.15, 0.2) is 18.2 Å². The van der Waals surface area contributed by atoms with E-state index in [1.54, 1.807) is 6.07 Å². The molecule has 1 aromatic carbocycles.